The molecule has 4 saturated carbocycles. The molecule has 0 bridgehead atoms. The van der Waals surface area contributed by atoms with Crippen molar-refractivity contribution in [1.82, 2.24) is 0 Å². The van der Waals surface area contributed by atoms with Gasteiger partial charge in [0, 0.05) is 12.2 Å². The Balaban J connectivity index is 0.917. The number of nitrogens with zero attached hydrogens (tertiary/aromatic N) is 2. The number of fused-ring (bicyclic) bond motifs is 1. The van der Waals surface area contributed by atoms with Gasteiger partial charge in [0.2, 0.25) is 0 Å². The van der Waals surface area contributed by atoms with E-state index in [1.165, 1.54) is 23.5 Å². The van der Waals surface area contributed by atoms with E-state index in [9.17, 15) is 39.3 Å². The summed E-state index contributed by atoms with van der Waals surface area (Å²) in [5, 5.41) is 19.4. The van der Waals surface area contributed by atoms with Crippen LogP contribution >= 0.6 is 23.5 Å². The van der Waals surface area contributed by atoms with Crippen molar-refractivity contribution in [2.75, 3.05) is 26.4 Å². The van der Waals surface area contributed by atoms with Gasteiger partial charge in [-0.15, -0.1) is 0 Å². The van der Waals surface area contributed by atoms with Gasteiger partial charge in [-0.3, -0.25) is 19.2 Å². The first-order valence-electron chi connectivity index (χ1n) is 25.4. The smallest absolute Gasteiger partial charge is 0.330 e. The first-order chi connectivity index (χ1) is 34.0. The van der Waals surface area contributed by atoms with Gasteiger partial charge >= 0.3 is 35.8 Å². The molecule has 1 aliphatic heterocycles. The third kappa shape index (κ3) is 15.7. The van der Waals surface area contributed by atoms with Gasteiger partial charge in [-0.05, 0) is 177 Å². The quantitative estimate of drug-likeness (QED) is 0.0264. The van der Waals surface area contributed by atoms with Gasteiger partial charge in [0.1, 0.15) is 29.2 Å². The molecule has 14 nitrogen and oxygen atoms in total. The zero-order valence-corrected chi connectivity index (χ0v) is 42.0. The number of thioether (sulfide) groups is 2. The van der Waals surface area contributed by atoms with Crippen molar-refractivity contribution in [1.29, 1.82) is 10.5 Å². The van der Waals surface area contributed by atoms with E-state index >= 15 is 0 Å². The standard InChI is InChI=1S/C54H68N2O12S2/c1-3-46(57)63-29-7-5-6-8-31-65-50(59)39-19-11-35(12-20-39)37-15-23-41(24-16-37)52(61)67-44-27-28-45(49-48(44)69-54(70-49)43(33-55)34-56)68-53(62)42-25-17-38(18-26-42)36-13-21-40(22-14-36)51(60)66-32-10-9-30-64-47(58)4-2/h3-4,27-28,35-42H,1-2,5-26,29-32H2. The number of allylic oxidation sites excluding steroid dienone is 1. The second-order valence-corrected chi connectivity index (χ2v) is 21.6. The summed E-state index contributed by atoms with van der Waals surface area (Å²) in [5.41, 5.74) is -0.0658. The highest BCUT2D eigenvalue weighted by Gasteiger charge is 2.39. The van der Waals surface area contributed by atoms with Gasteiger partial charge in [-0.1, -0.05) is 36.7 Å². The summed E-state index contributed by atoms with van der Waals surface area (Å²) in [5.74, 6) is 0.0843. The van der Waals surface area contributed by atoms with E-state index in [0.717, 1.165) is 115 Å². The molecular formula is C54H68N2O12S2. The molecule has 4 aliphatic carbocycles. The van der Waals surface area contributed by atoms with Gasteiger partial charge in [-0.2, -0.15) is 10.5 Å². The zero-order chi connectivity index (χ0) is 49.8. The molecule has 1 heterocycles. The lowest BCUT2D eigenvalue weighted by molar-refractivity contribution is -0.151. The van der Waals surface area contributed by atoms with E-state index < -0.39 is 11.9 Å². The number of carbonyl (C=O) groups is 6. The monoisotopic (exact) mass is 1000 g/mol. The highest BCUT2D eigenvalue weighted by molar-refractivity contribution is 8.24. The van der Waals surface area contributed by atoms with E-state index in [2.05, 4.69) is 13.2 Å². The van der Waals surface area contributed by atoms with Crippen LogP contribution in [-0.2, 0) is 47.7 Å². The van der Waals surface area contributed by atoms with Crippen molar-refractivity contribution in [3.8, 4) is 23.6 Å². The van der Waals surface area contributed by atoms with Crippen LogP contribution < -0.4 is 9.47 Å². The zero-order valence-electron chi connectivity index (χ0n) is 40.3. The molecule has 0 spiro atoms. The maximum atomic E-state index is 13.7. The average molecular weight is 1000 g/mol. The number of hydrogen-bond donors (Lipinski definition) is 0. The Hall–Kier alpha value is -5.06. The Morgan fingerprint density at radius 3 is 1.09 bits per heavy atom. The summed E-state index contributed by atoms with van der Waals surface area (Å²) < 4.78 is 33.7. The van der Waals surface area contributed by atoms with Crippen LogP contribution in [0.25, 0.3) is 0 Å². The topological polar surface area (TPSA) is 205 Å². The molecule has 6 rings (SSSR count). The Morgan fingerprint density at radius 2 is 0.771 bits per heavy atom. The van der Waals surface area contributed by atoms with Gasteiger partial charge in [0.05, 0.1) is 64.1 Å². The Bertz CT molecular complexity index is 2130. The highest BCUT2D eigenvalue weighted by Crippen LogP contribution is 2.59. The molecule has 5 aliphatic rings. The molecule has 1 aromatic rings. The van der Waals surface area contributed by atoms with Crippen molar-refractivity contribution < 1.29 is 57.2 Å². The van der Waals surface area contributed by atoms with Crippen LogP contribution in [0.4, 0.5) is 0 Å². The van der Waals surface area contributed by atoms with Crippen LogP contribution in [0.1, 0.15) is 141 Å². The fourth-order valence-corrected chi connectivity index (χ4v) is 13.3. The number of ether oxygens (including phenoxy) is 6. The average Bonchev–Trinajstić information content (AvgIpc) is 3.85. The molecule has 0 saturated heterocycles. The molecule has 0 N–H and O–H groups in total. The lowest BCUT2D eigenvalue weighted by Gasteiger charge is -2.36. The Morgan fingerprint density at radius 1 is 0.471 bits per heavy atom. The molecule has 0 aromatic heterocycles. The second kappa shape index (κ2) is 28.1. The van der Waals surface area contributed by atoms with Crippen LogP contribution in [0, 0.1) is 70.0 Å². The maximum Gasteiger partial charge on any atom is 0.330 e. The lowest BCUT2D eigenvalue weighted by atomic mass is 9.69. The highest BCUT2D eigenvalue weighted by atomic mass is 32.2. The van der Waals surface area contributed by atoms with Crippen LogP contribution in [0.5, 0.6) is 11.5 Å². The Labute approximate surface area is 421 Å². The van der Waals surface area contributed by atoms with E-state index in [1.807, 2.05) is 12.1 Å². The van der Waals surface area contributed by atoms with E-state index in [4.69, 9.17) is 28.4 Å². The van der Waals surface area contributed by atoms with Crippen LogP contribution in [0.3, 0.4) is 0 Å². The van der Waals surface area contributed by atoms with Crippen molar-refractivity contribution >= 4 is 59.3 Å². The van der Waals surface area contributed by atoms with E-state index in [-0.39, 0.29) is 59.7 Å². The number of esters is 6. The number of carbonyl (C=O) groups excluding carboxylic acids is 6. The predicted molar refractivity (Wildman–Crippen MR) is 261 cm³/mol. The molecule has 16 heteroatoms. The van der Waals surface area contributed by atoms with E-state index in [1.54, 1.807) is 12.1 Å². The molecule has 0 amide bonds. The summed E-state index contributed by atoms with van der Waals surface area (Å²) in [6.07, 6.45) is 20.3. The minimum absolute atomic E-state index is 0.0658. The number of unbranched alkanes of at least 4 members (excludes halogenated alkanes) is 4. The number of hydrogen-bond acceptors (Lipinski definition) is 16. The first kappa shape index (κ1) is 54.3. The largest absolute Gasteiger partial charge is 0.465 e. The summed E-state index contributed by atoms with van der Waals surface area (Å²) in [6, 6.07) is 7.20. The summed E-state index contributed by atoms with van der Waals surface area (Å²) in [4.78, 5) is 76.3. The number of rotatable bonds is 22. The van der Waals surface area contributed by atoms with Crippen molar-refractivity contribution in [3.05, 3.63) is 47.3 Å². The number of benzene rings is 1. The van der Waals surface area contributed by atoms with Crippen molar-refractivity contribution in [2.45, 2.75) is 151 Å². The molecule has 0 unspecified atom stereocenters. The second-order valence-electron chi connectivity index (χ2n) is 19.3. The normalized spacial score (nSPS) is 25.1. The third-order valence-electron chi connectivity index (χ3n) is 14.9. The maximum absolute atomic E-state index is 13.7. The molecule has 4 fully saturated rings. The predicted octanol–water partition coefficient (Wildman–Crippen LogP) is 11.1. The van der Waals surface area contributed by atoms with Gasteiger partial charge in [-0.25, -0.2) is 9.59 Å². The van der Waals surface area contributed by atoms with Crippen LogP contribution in [0.2, 0.25) is 0 Å². The van der Waals surface area contributed by atoms with Crippen LogP contribution in [0.15, 0.2) is 57.0 Å². The fraction of sp³-hybridized carbons (Fsp3) is 0.630. The first-order valence-corrected chi connectivity index (χ1v) is 27.1. The third-order valence-corrected chi connectivity index (χ3v) is 17.5. The van der Waals surface area contributed by atoms with Gasteiger partial charge in [0.25, 0.3) is 0 Å². The SMILES string of the molecule is C=CC(=O)OCCCCCCOC(=O)C1CCC(C2CCC(C(=O)Oc3ccc(OC(=O)C4CCC(C5CCC(C(=O)OCCCCOC(=O)C=C)CC5)CC4)c4c3SC(=C(C#N)C#N)S4)CC2)CC1. The molecular weight excluding hydrogens is 933 g/mol. The van der Waals surface area contributed by atoms with Crippen molar-refractivity contribution in [2.24, 2.45) is 47.3 Å². The molecule has 70 heavy (non-hydrogen) atoms. The molecule has 378 valence electrons. The van der Waals surface area contributed by atoms with Gasteiger partial charge in [0.15, 0.2) is 0 Å². The Kier molecular flexibility index (Phi) is 21.8. The lowest BCUT2D eigenvalue weighted by Crippen LogP contribution is -2.31. The van der Waals surface area contributed by atoms with Crippen LogP contribution in [-0.4, -0.2) is 62.2 Å². The van der Waals surface area contributed by atoms with Gasteiger partial charge < -0.3 is 28.4 Å². The molecule has 0 atom stereocenters. The fourth-order valence-electron chi connectivity index (χ4n) is 10.8. The number of nitriles is 2. The summed E-state index contributed by atoms with van der Waals surface area (Å²) in [7, 11) is 0. The summed E-state index contributed by atoms with van der Waals surface area (Å²) in [6.45, 7) is 8.10. The molecule has 0 radical (unpaired) electrons. The van der Waals surface area contributed by atoms with Crippen molar-refractivity contribution in [3.63, 3.8) is 0 Å². The summed E-state index contributed by atoms with van der Waals surface area (Å²) >= 11 is 2.35. The van der Waals surface area contributed by atoms with E-state index in [0.29, 0.717) is 108 Å². The minimum Gasteiger partial charge on any atom is -0.465 e. The molecule has 1 aromatic carbocycles. The minimum atomic E-state index is -0.461.